The summed E-state index contributed by atoms with van der Waals surface area (Å²) in [7, 11) is -4.25. The second-order valence-electron chi connectivity index (χ2n) is 0.789. The molecule has 0 saturated carbocycles. The van der Waals surface area contributed by atoms with Crippen LogP contribution in [0, 0.1) is 0 Å². The first kappa shape index (κ1) is 16.9. The maximum absolute atomic E-state index is 7.74. The Morgan fingerprint density at radius 2 is 1.11 bits per heavy atom. The van der Waals surface area contributed by atoms with Crippen LogP contribution < -0.4 is 0 Å². The molecule has 0 bridgehead atoms. The molecule has 6 nitrogen and oxygen atoms in total. The molecule has 6 N–H and O–H groups in total. The molecule has 9 heavy (non-hydrogen) atoms. The van der Waals surface area contributed by atoms with Crippen LogP contribution in [0.1, 0.15) is 0 Å². The van der Waals surface area contributed by atoms with Crippen molar-refractivity contribution in [3.63, 3.8) is 0 Å². The normalized spacial score (nSPS) is 6.67. The molecular formula is H7B2KO6. The van der Waals surface area contributed by atoms with Crippen LogP contribution in [0.5, 0.6) is 0 Å². The fourth-order valence-corrected chi connectivity index (χ4v) is 0.109. The van der Waals surface area contributed by atoms with E-state index in [-0.39, 0.29) is 56.9 Å². The Balaban J connectivity index is -0.000000180. The van der Waals surface area contributed by atoms with Crippen molar-refractivity contribution < 1.29 is 30.1 Å². The Morgan fingerprint density at radius 3 is 1.11 bits per heavy atom. The fourth-order valence-electron chi connectivity index (χ4n) is 0.109. The van der Waals surface area contributed by atoms with Crippen LogP contribution in [0.3, 0.4) is 0 Å². The van der Waals surface area contributed by atoms with E-state index in [1.165, 1.54) is 0 Å². The zero-order valence-electron chi connectivity index (χ0n) is 3.85. The van der Waals surface area contributed by atoms with Crippen molar-refractivity contribution in [3.05, 3.63) is 0 Å². The van der Waals surface area contributed by atoms with E-state index in [0.717, 1.165) is 0 Å². The van der Waals surface area contributed by atoms with Gasteiger partial charge in [-0.15, -0.1) is 0 Å². The summed E-state index contributed by atoms with van der Waals surface area (Å²) in [6.07, 6.45) is 0. The van der Waals surface area contributed by atoms with E-state index in [4.69, 9.17) is 20.1 Å². The van der Waals surface area contributed by atoms with E-state index in [2.05, 4.69) is 4.57 Å². The van der Waals surface area contributed by atoms with E-state index in [9.17, 15) is 0 Å². The van der Waals surface area contributed by atoms with E-state index in [1.807, 2.05) is 0 Å². The SMILES string of the molecule is O.OB(O)OB(O)O.[KH]. The Hall–Kier alpha value is 1.53. The molecule has 0 aromatic carbocycles. The Bertz CT molecular complexity index is 40.3. The first-order valence-electron chi connectivity index (χ1n) is 1.50. The molecule has 0 amide bonds. The summed E-state index contributed by atoms with van der Waals surface area (Å²) >= 11 is 0. The summed E-state index contributed by atoms with van der Waals surface area (Å²) in [5, 5.41) is 30.9. The van der Waals surface area contributed by atoms with Gasteiger partial charge < -0.3 is 30.1 Å². The molecule has 0 atom stereocenters. The second kappa shape index (κ2) is 9.53. The number of hydrogen-bond acceptors (Lipinski definition) is 5. The van der Waals surface area contributed by atoms with Crippen LogP contribution >= 0.6 is 0 Å². The van der Waals surface area contributed by atoms with Crippen molar-refractivity contribution in [2.45, 2.75) is 0 Å². The van der Waals surface area contributed by atoms with Crippen LogP contribution in [-0.4, -0.2) is 91.6 Å². The third kappa shape index (κ3) is 17.7. The first-order valence-corrected chi connectivity index (χ1v) is 1.50. The topological polar surface area (TPSA) is 122 Å². The molecule has 0 heterocycles. The Kier molecular flexibility index (Phi) is 17.9. The molecule has 0 aliphatic heterocycles. The number of hydrogen-bond donors (Lipinski definition) is 4. The van der Waals surface area contributed by atoms with Gasteiger partial charge in [0.25, 0.3) is 0 Å². The van der Waals surface area contributed by atoms with Crippen LogP contribution in [0.25, 0.3) is 0 Å². The predicted molar refractivity (Wildman–Crippen MR) is 32.2 cm³/mol. The zero-order chi connectivity index (χ0) is 5.86. The van der Waals surface area contributed by atoms with Crippen LogP contribution in [-0.2, 0) is 4.57 Å². The average molecular weight is 164 g/mol. The molecule has 0 unspecified atom stereocenters. The molecule has 0 aromatic heterocycles. The van der Waals surface area contributed by atoms with E-state index < -0.39 is 14.6 Å². The molecule has 0 aliphatic carbocycles. The van der Waals surface area contributed by atoms with Gasteiger partial charge in [0.05, 0.1) is 0 Å². The number of rotatable bonds is 2. The monoisotopic (exact) mass is 164 g/mol. The zero-order valence-corrected chi connectivity index (χ0v) is 3.85. The van der Waals surface area contributed by atoms with Crippen molar-refractivity contribution >= 4 is 66.0 Å². The quantitative estimate of drug-likeness (QED) is 0.306. The van der Waals surface area contributed by atoms with Gasteiger partial charge >= 0.3 is 66.0 Å². The molecule has 0 rings (SSSR count). The van der Waals surface area contributed by atoms with Gasteiger partial charge in [0.15, 0.2) is 0 Å². The predicted octanol–water partition coefficient (Wildman–Crippen LogP) is -4.53. The van der Waals surface area contributed by atoms with E-state index in [0.29, 0.717) is 0 Å². The maximum atomic E-state index is 7.74. The van der Waals surface area contributed by atoms with Crippen molar-refractivity contribution in [2.75, 3.05) is 0 Å². The van der Waals surface area contributed by atoms with Crippen LogP contribution in [0.2, 0.25) is 0 Å². The van der Waals surface area contributed by atoms with Crippen molar-refractivity contribution in [1.82, 2.24) is 0 Å². The van der Waals surface area contributed by atoms with Crippen molar-refractivity contribution in [1.29, 1.82) is 0 Å². The molecule has 50 valence electrons. The second-order valence-corrected chi connectivity index (χ2v) is 0.789. The summed E-state index contributed by atoms with van der Waals surface area (Å²) in [5.74, 6) is 0. The van der Waals surface area contributed by atoms with Crippen LogP contribution in [0.4, 0.5) is 0 Å². The van der Waals surface area contributed by atoms with Gasteiger partial charge in [-0.1, -0.05) is 0 Å². The molecule has 0 spiro atoms. The van der Waals surface area contributed by atoms with Gasteiger partial charge in [0.2, 0.25) is 0 Å². The summed E-state index contributed by atoms with van der Waals surface area (Å²) in [5.41, 5.74) is 0. The van der Waals surface area contributed by atoms with Gasteiger partial charge in [-0.25, -0.2) is 0 Å². The summed E-state index contributed by atoms with van der Waals surface area (Å²) in [6.45, 7) is 0. The third-order valence-corrected chi connectivity index (χ3v) is 0.243. The molecule has 0 aromatic rings. The van der Waals surface area contributed by atoms with E-state index in [1.54, 1.807) is 0 Å². The summed E-state index contributed by atoms with van der Waals surface area (Å²) in [4.78, 5) is 0. The van der Waals surface area contributed by atoms with Crippen molar-refractivity contribution in [3.8, 4) is 0 Å². The minimum atomic E-state index is -2.13. The first-order chi connectivity index (χ1) is 3.13. The van der Waals surface area contributed by atoms with Gasteiger partial charge in [0.1, 0.15) is 0 Å². The molecule has 0 fully saturated rings. The summed E-state index contributed by atoms with van der Waals surface area (Å²) in [6, 6.07) is 0. The van der Waals surface area contributed by atoms with Crippen molar-refractivity contribution in [2.24, 2.45) is 0 Å². The van der Waals surface area contributed by atoms with E-state index >= 15 is 0 Å². The average Bonchev–Trinajstić information content (AvgIpc) is 1.27. The standard InChI is InChI=1S/B2H4O5.K.H2O.H/c3-1(4)7-2(5)6;;;/h3-6H;;1H2;. The van der Waals surface area contributed by atoms with Gasteiger partial charge in [-0.3, -0.25) is 0 Å². The summed E-state index contributed by atoms with van der Waals surface area (Å²) < 4.78 is 3.47. The van der Waals surface area contributed by atoms with Gasteiger partial charge in [0, 0.05) is 0 Å². The van der Waals surface area contributed by atoms with Crippen LogP contribution in [0.15, 0.2) is 0 Å². The molecule has 0 radical (unpaired) electrons. The third-order valence-electron chi connectivity index (χ3n) is 0.243. The molecule has 0 saturated heterocycles. The minimum absolute atomic E-state index is 0. The Labute approximate surface area is 94.9 Å². The van der Waals surface area contributed by atoms with Gasteiger partial charge in [-0.05, 0) is 0 Å². The van der Waals surface area contributed by atoms with Gasteiger partial charge in [-0.2, -0.15) is 0 Å². The fraction of sp³-hybridized carbons (Fsp3) is 0. The molecule has 0 aliphatic rings. The molecular weight excluding hydrogens is 157 g/mol. The molecule has 9 heteroatoms. The Morgan fingerprint density at radius 1 is 0.889 bits per heavy atom.